The molecule has 0 saturated heterocycles. The largest absolute Gasteiger partial charge is 0.325 e. The van der Waals surface area contributed by atoms with Crippen molar-refractivity contribution in [3.8, 4) is 5.69 Å². The first kappa shape index (κ1) is 26.3. The molecule has 1 heterocycles. The average Bonchev–Trinajstić information content (AvgIpc) is 2.94. The maximum absolute atomic E-state index is 14.7. The van der Waals surface area contributed by atoms with Gasteiger partial charge in [0.15, 0.2) is 10.9 Å². The Hall–Kier alpha value is -4.34. The summed E-state index contributed by atoms with van der Waals surface area (Å²) in [6.07, 6.45) is 0. The number of carbonyl (C=O) groups excluding carboxylic acids is 2. The minimum Gasteiger partial charge on any atom is -0.325 e. The summed E-state index contributed by atoms with van der Waals surface area (Å²) in [6.45, 7) is 0. The molecule has 0 radical (unpaired) electrons. The lowest BCUT2D eigenvalue weighted by Crippen LogP contribution is -2.24. The highest BCUT2D eigenvalue weighted by Gasteiger charge is 2.19. The Morgan fingerprint density at radius 3 is 2.44 bits per heavy atom. The smallest absolute Gasteiger partial charge is 0.266 e. The number of hydrogen-bond donors (Lipinski definition) is 1. The van der Waals surface area contributed by atoms with E-state index >= 15 is 0 Å². The molecule has 5 rings (SSSR count). The van der Waals surface area contributed by atoms with Crippen molar-refractivity contribution in [2.24, 2.45) is 0 Å². The second-order valence-corrected chi connectivity index (χ2v) is 9.75. The average molecular weight is 562 g/mol. The van der Waals surface area contributed by atoms with Gasteiger partial charge in [-0.3, -0.25) is 19.0 Å². The molecule has 0 aliphatic rings. The van der Waals surface area contributed by atoms with Crippen molar-refractivity contribution in [3.05, 3.63) is 129 Å². The predicted molar refractivity (Wildman–Crippen MR) is 148 cm³/mol. The predicted octanol–water partition coefficient (Wildman–Crippen LogP) is 6.28. The highest BCUT2D eigenvalue weighted by atomic mass is 35.5. The molecule has 0 aliphatic heterocycles. The zero-order valence-electron chi connectivity index (χ0n) is 20.0. The van der Waals surface area contributed by atoms with E-state index in [0.29, 0.717) is 22.2 Å². The van der Waals surface area contributed by atoms with Crippen LogP contribution in [0.25, 0.3) is 16.6 Å². The minimum absolute atomic E-state index is 0.0380. The van der Waals surface area contributed by atoms with Gasteiger partial charge in [0.25, 0.3) is 5.56 Å². The van der Waals surface area contributed by atoms with E-state index < -0.39 is 23.1 Å². The molecule has 194 valence electrons. The molecule has 1 N–H and O–H groups in total. The van der Waals surface area contributed by atoms with E-state index in [-0.39, 0.29) is 39.0 Å². The van der Waals surface area contributed by atoms with Gasteiger partial charge < -0.3 is 5.32 Å². The molecular weight excluding hydrogens is 544 g/mol. The number of hydrogen-bond acceptors (Lipinski definition) is 5. The Balaban J connectivity index is 1.45. The molecule has 0 fully saturated rings. The van der Waals surface area contributed by atoms with Crippen LogP contribution in [0, 0.1) is 11.6 Å². The van der Waals surface area contributed by atoms with Crippen LogP contribution in [0.1, 0.15) is 15.9 Å². The molecule has 0 atom stereocenters. The molecule has 10 heteroatoms. The van der Waals surface area contributed by atoms with Crippen molar-refractivity contribution in [1.29, 1.82) is 0 Å². The molecule has 0 aliphatic carbocycles. The van der Waals surface area contributed by atoms with Gasteiger partial charge in [0.1, 0.15) is 11.6 Å². The first-order valence-electron chi connectivity index (χ1n) is 11.6. The molecule has 0 saturated carbocycles. The van der Waals surface area contributed by atoms with Crippen LogP contribution in [0.3, 0.4) is 0 Å². The highest BCUT2D eigenvalue weighted by molar-refractivity contribution is 7.99. The van der Waals surface area contributed by atoms with Gasteiger partial charge in [0.2, 0.25) is 5.91 Å². The number of benzene rings is 4. The number of ketones is 1. The van der Waals surface area contributed by atoms with Gasteiger partial charge >= 0.3 is 0 Å². The number of thioether (sulfide) groups is 1. The Morgan fingerprint density at radius 1 is 0.923 bits per heavy atom. The van der Waals surface area contributed by atoms with Crippen molar-refractivity contribution in [2.75, 3.05) is 11.1 Å². The third kappa shape index (κ3) is 5.59. The topological polar surface area (TPSA) is 81.1 Å². The number of halogens is 3. The van der Waals surface area contributed by atoms with E-state index in [1.165, 1.54) is 12.1 Å². The summed E-state index contributed by atoms with van der Waals surface area (Å²) >= 11 is 7.02. The monoisotopic (exact) mass is 561 g/mol. The van der Waals surface area contributed by atoms with E-state index in [1.807, 2.05) is 0 Å². The lowest BCUT2D eigenvalue weighted by atomic mass is 10.0. The molecule has 5 aromatic rings. The maximum Gasteiger partial charge on any atom is 0.266 e. The number of para-hydroxylation sites is 1. The van der Waals surface area contributed by atoms with Crippen LogP contribution in [0.4, 0.5) is 14.5 Å². The van der Waals surface area contributed by atoms with E-state index in [1.54, 1.807) is 60.7 Å². The number of rotatable bonds is 7. The molecule has 39 heavy (non-hydrogen) atoms. The summed E-state index contributed by atoms with van der Waals surface area (Å²) < 4.78 is 29.3. The van der Waals surface area contributed by atoms with Gasteiger partial charge in [-0.05, 0) is 42.5 Å². The fourth-order valence-electron chi connectivity index (χ4n) is 3.96. The summed E-state index contributed by atoms with van der Waals surface area (Å²) in [6, 6.07) is 22.5. The number of carbonyl (C=O) groups is 2. The Kier molecular flexibility index (Phi) is 7.53. The summed E-state index contributed by atoms with van der Waals surface area (Å²) in [5.41, 5.74) is 0.486. The van der Waals surface area contributed by atoms with Crippen LogP contribution in [0.5, 0.6) is 0 Å². The number of aromatic nitrogens is 2. The first-order valence-corrected chi connectivity index (χ1v) is 13.0. The molecule has 0 bridgehead atoms. The molecule has 0 unspecified atom stereocenters. The van der Waals surface area contributed by atoms with E-state index in [2.05, 4.69) is 10.3 Å². The lowest BCUT2D eigenvalue weighted by molar-refractivity contribution is -0.113. The second-order valence-electron chi connectivity index (χ2n) is 8.37. The quantitative estimate of drug-likeness (QED) is 0.144. The van der Waals surface area contributed by atoms with Crippen LogP contribution in [0.15, 0.2) is 101 Å². The number of fused-ring (bicyclic) bond motifs is 1. The van der Waals surface area contributed by atoms with Gasteiger partial charge in [0.05, 0.1) is 28.0 Å². The van der Waals surface area contributed by atoms with Crippen LogP contribution >= 0.6 is 23.4 Å². The number of nitrogens with one attached hydrogen (secondary N) is 1. The zero-order valence-corrected chi connectivity index (χ0v) is 21.6. The van der Waals surface area contributed by atoms with Gasteiger partial charge in [-0.15, -0.1) is 0 Å². The first-order chi connectivity index (χ1) is 18.8. The summed E-state index contributed by atoms with van der Waals surface area (Å²) in [7, 11) is 0. The van der Waals surface area contributed by atoms with Crippen LogP contribution < -0.4 is 10.9 Å². The van der Waals surface area contributed by atoms with Crippen LogP contribution in [-0.4, -0.2) is 27.0 Å². The lowest BCUT2D eigenvalue weighted by Gasteiger charge is -2.14. The number of nitrogens with zero attached hydrogens (tertiary/aromatic N) is 2. The van der Waals surface area contributed by atoms with E-state index in [0.717, 1.165) is 28.5 Å². The van der Waals surface area contributed by atoms with Crippen molar-refractivity contribution in [1.82, 2.24) is 9.55 Å². The molecule has 0 spiro atoms. The molecule has 1 aromatic heterocycles. The van der Waals surface area contributed by atoms with E-state index in [9.17, 15) is 23.2 Å². The van der Waals surface area contributed by atoms with E-state index in [4.69, 9.17) is 11.6 Å². The fourth-order valence-corrected chi connectivity index (χ4v) is 4.94. The SMILES string of the molecule is O=C(CSc1nc2ccccc2c(=O)n1-c1ccc(F)cc1F)Nc1ccc(Cl)cc1C(=O)c1ccccc1. The highest BCUT2D eigenvalue weighted by Crippen LogP contribution is 2.26. The Morgan fingerprint density at radius 2 is 1.67 bits per heavy atom. The number of anilines is 1. The van der Waals surface area contributed by atoms with Gasteiger partial charge in [0, 0.05) is 22.2 Å². The zero-order chi connectivity index (χ0) is 27.5. The summed E-state index contributed by atoms with van der Waals surface area (Å²) in [5, 5.41) is 3.31. The molecule has 6 nitrogen and oxygen atoms in total. The molecule has 1 amide bonds. The van der Waals surface area contributed by atoms with Crippen LogP contribution in [0.2, 0.25) is 5.02 Å². The Bertz CT molecular complexity index is 1790. The van der Waals surface area contributed by atoms with Gasteiger partial charge in [-0.2, -0.15) is 0 Å². The summed E-state index contributed by atoms with van der Waals surface area (Å²) in [5.74, 6) is -2.80. The summed E-state index contributed by atoms with van der Waals surface area (Å²) in [4.78, 5) is 43.8. The van der Waals surface area contributed by atoms with Crippen molar-refractivity contribution < 1.29 is 18.4 Å². The minimum atomic E-state index is -0.953. The van der Waals surface area contributed by atoms with Crippen molar-refractivity contribution >= 4 is 51.6 Å². The van der Waals surface area contributed by atoms with Crippen molar-refractivity contribution in [3.63, 3.8) is 0 Å². The van der Waals surface area contributed by atoms with Crippen molar-refractivity contribution in [2.45, 2.75) is 5.16 Å². The maximum atomic E-state index is 14.7. The fraction of sp³-hybridized carbons (Fsp3) is 0.0345. The van der Waals surface area contributed by atoms with Crippen LogP contribution in [-0.2, 0) is 4.79 Å². The molecule has 4 aromatic carbocycles. The standard InChI is InChI=1S/C29H18ClF2N3O3S/c30-18-10-12-24(21(14-18)27(37)17-6-2-1-3-7-17)33-26(36)16-39-29-34-23-9-5-4-8-20(23)28(38)35(29)25-13-11-19(31)15-22(25)32/h1-15H,16H2,(H,33,36). The second kappa shape index (κ2) is 11.2. The normalized spacial score (nSPS) is 10.9. The Labute approximate surface area is 230 Å². The van der Waals surface area contributed by atoms with Gasteiger partial charge in [-0.1, -0.05) is 65.8 Å². The third-order valence-corrected chi connectivity index (χ3v) is 6.94. The third-order valence-electron chi connectivity index (χ3n) is 5.76. The molecular formula is C29H18ClF2N3O3S. The van der Waals surface area contributed by atoms with Gasteiger partial charge in [-0.25, -0.2) is 13.8 Å². The number of amides is 1.